The Kier molecular flexibility index (Phi) is 3.62. The predicted octanol–water partition coefficient (Wildman–Crippen LogP) is 2.00. The second kappa shape index (κ2) is 4.75. The molecule has 0 atom stereocenters. The molecule has 0 spiro atoms. The number of halogens is 1. The Hall–Kier alpha value is -1.62. The van der Waals surface area contributed by atoms with Gasteiger partial charge in [-0.3, -0.25) is 10.1 Å². The number of carbonyl (C=O) groups excluding carboxylic acids is 1. The van der Waals surface area contributed by atoms with Gasteiger partial charge in [0.1, 0.15) is 6.29 Å². The molecular formula is C9H8ClNO4. The lowest BCUT2D eigenvalue weighted by Gasteiger charge is -2.06. The molecule has 15 heavy (non-hydrogen) atoms. The summed E-state index contributed by atoms with van der Waals surface area (Å²) in [6.45, 7) is 0. The third-order valence-electron chi connectivity index (χ3n) is 1.88. The third-order valence-corrected chi connectivity index (χ3v) is 2.23. The van der Waals surface area contributed by atoms with Crippen LogP contribution in [0.25, 0.3) is 0 Å². The molecule has 0 amide bonds. The Labute approximate surface area is 90.8 Å². The molecule has 80 valence electrons. The van der Waals surface area contributed by atoms with Gasteiger partial charge < -0.3 is 9.53 Å². The Bertz CT molecular complexity index is 405. The number of nitrogens with zero attached hydrogens (tertiary/aromatic N) is 1. The second-order valence-electron chi connectivity index (χ2n) is 2.70. The Morgan fingerprint density at radius 1 is 1.60 bits per heavy atom. The zero-order chi connectivity index (χ0) is 11.4. The number of carbonyl (C=O) groups is 1. The molecule has 0 heterocycles. The fourth-order valence-corrected chi connectivity index (χ4v) is 1.46. The first-order chi connectivity index (χ1) is 7.11. The number of hydrogen-bond donors (Lipinski definition) is 0. The molecule has 0 aliphatic carbocycles. The quantitative estimate of drug-likeness (QED) is 0.450. The molecule has 0 aromatic heterocycles. The van der Waals surface area contributed by atoms with E-state index in [1.54, 1.807) is 0 Å². The number of nitro benzene ring substituents is 1. The lowest BCUT2D eigenvalue weighted by atomic mass is 10.1. The highest BCUT2D eigenvalue weighted by molar-refractivity contribution is 6.31. The van der Waals surface area contributed by atoms with Gasteiger partial charge in [0.2, 0.25) is 0 Å². The molecule has 1 rings (SSSR count). The van der Waals surface area contributed by atoms with E-state index >= 15 is 0 Å². The van der Waals surface area contributed by atoms with Crippen LogP contribution in [0.1, 0.15) is 5.56 Å². The predicted molar refractivity (Wildman–Crippen MR) is 54.4 cm³/mol. The molecular weight excluding hydrogens is 222 g/mol. The van der Waals surface area contributed by atoms with E-state index in [1.165, 1.54) is 19.2 Å². The molecule has 0 saturated heterocycles. The van der Waals surface area contributed by atoms with Gasteiger partial charge in [0.05, 0.1) is 22.6 Å². The van der Waals surface area contributed by atoms with Gasteiger partial charge in [0, 0.05) is 6.42 Å². The number of aldehydes is 1. The first kappa shape index (κ1) is 11.5. The van der Waals surface area contributed by atoms with Crippen molar-refractivity contribution in [2.24, 2.45) is 0 Å². The molecule has 0 bridgehead atoms. The van der Waals surface area contributed by atoms with Crippen LogP contribution >= 0.6 is 11.6 Å². The molecule has 0 unspecified atom stereocenters. The van der Waals surface area contributed by atoms with Gasteiger partial charge in [0.15, 0.2) is 5.75 Å². The molecule has 0 radical (unpaired) electrons. The molecule has 1 aromatic carbocycles. The van der Waals surface area contributed by atoms with Crippen molar-refractivity contribution in [3.8, 4) is 5.75 Å². The maximum absolute atomic E-state index is 10.8. The standard InChI is InChI=1S/C9H8ClNO4/c1-15-8-3-2-7(10)6(4-5-12)9(8)11(13)14/h2-3,5H,4H2,1H3. The minimum absolute atomic E-state index is 0.0984. The van der Waals surface area contributed by atoms with Crippen molar-refractivity contribution in [1.29, 1.82) is 0 Å². The van der Waals surface area contributed by atoms with Crippen LogP contribution in [-0.2, 0) is 11.2 Å². The van der Waals surface area contributed by atoms with E-state index in [0.29, 0.717) is 6.29 Å². The maximum atomic E-state index is 10.8. The van der Waals surface area contributed by atoms with Gasteiger partial charge in [-0.1, -0.05) is 11.6 Å². The molecule has 1 aromatic rings. The second-order valence-corrected chi connectivity index (χ2v) is 3.11. The van der Waals surface area contributed by atoms with E-state index in [-0.39, 0.29) is 28.4 Å². The molecule has 0 aliphatic rings. The van der Waals surface area contributed by atoms with Crippen molar-refractivity contribution in [2.45, 2.75) is 6.42 Å². The van der Waals surface area contributed by atoms with Gasteiger partial charge in [-0.15, -0.1) is 0 Å². The number of benzene rings is 1. The van der Waals surface area contributed by atoms with Crippen LogP contribution in [-0.4, -0.2) is 18.3 Å². The smallest absolute Gasteiger partial charge is 0.315 e. The summed E-state index contributed by atoms with van der Waals surface area (Å²) in [6.07, 6.45) is 0.458. The fraction of sp³-hybridized carbons (Fsp3) is 0.222. The number of nitro groups is 1. The van der Waals surface area contributed by atoms with Crippen molar-refractivity contribution < 1.29 is 14.5 Å². The van der Waals surface area contributed by atoms with Crippen LogP contribution in [0.2, 0.25) is 5.02 Å². The van der Waals surface area contributed by atoms with E-state index in [9.17, 15) is 14.9 Å². The Morgan fingerprint density at radius 2 is 2.27 bits per heavy atom. The van der Waals surface area contributed by atoms with Gasteiger partial charge in [-0.2, -0.15) is 0 Å². The van der Waals surface area contributed by atoms with Crippen LogP contribution < -0.4 is 4.74 Å². The monoisotopic (exact) mass is 229 g/mol. The highest BCUT2D eigenvalue weighted by atomic mass is 35.5. The molecule has 5 nitrogen and oxygen atoms in total. The number of rotatable bonds is 4. The van der Waals surface area contributed by atoms with Crippen LogP contribution in [0.4, 0.5) is 5.69 Å². The first-order valence-electron chi connectivity index (χ1n) is 4.05. The minimum Gasteiger partial charge on any atom is -0.490 e. The van der Waals surface area contributed by atoms with Crippen molar-refractivity contribution in [3.05, 3.63) is 32.8 Å². The van der Waals surface area contributed by atoms with E-state index in [1.807, 2.05) is 0 Å². The molecule has 6 heteroatoms. The van der Waals surface area contributed by atoms with Gasteiger partial charge in [0.25, 0.3) is 0 Å². The number of hydrogen-bond acceptors (Lipinski definition) is 4. The Balaban J connectivity index is 3.42. The lowest BCUT2D eigenvalue weighted by Crippen LogP contribution is -2.00. The number of methoxy groups -OCH3 is 1. The van der Waals surface area contributed by atoms with E-state index in [0.717, 1.165) is 0 Å². The highest BCUT2D eigenvalue weighted by Crippen LogP contribution is 2.35. The largest absolute Gasteiger partial charge is 0.490 e. The van der Waals surface area contributed by atoms with E-state index in [2.05, 4.69) is 0 Å². The topological polar surface area (TPSA) is 69.4 Å². The van der Waals surface area contributed by atoms with Crippen molar-refractivity contribution in [3.63, 3.8) is 0 Å². The normalized spacial score (nSPS) is 9.73. The van der Waals surface area contributed by atoms with Crippen LogP contribution in [0.5, 0.6) is 5.75 Å². The van der Waals surface area contributed by atoms with Crippen molar-refractivity contribution >= 4 is 23.6 Å². The highest BCUT2D eigenvalue weighted by Gasteiger charge is 2.22. The van der Waals surface area contributed by atoms with Crippen LogP contribution in [0.15, 0.2) is 12.1 Å². The summed E-state index contributed by atoms with van der Waals surface area (Å²) in [5, 5.41) is 11.0. The first-order valence-corrected chi connectivity index (χ1v) is 4.43. The molecule has 0 N–H and O–H groups in total. The average Bonchev–Trinajstić information content (AvgIpc) is 2.20. The summed E-state index contributed by atoms with van der Waals surface area (Å²) in [5.74, 6) is 0.0984. The average molecular weight is 230 g/mol. The zero-order valence-corrected chi connectivity index (χ0v) is 8.65. The van der Waals surface area contributed by atoms with Gasteiger partial charge in [-0.25, -0.2) is 0 Å². The summed E-state index contributed by atoms with van der Waals surface area (Å²) in [6, 6.07) is 2.86. The Morgan fingerprint density at radius 3 is 2.73 bits per heavy atom. The summed E-state index contributed by atoms with van der Waals surface area (Å²) in [5.41, 5.74) is -0.0758. The maximum Gasteiger partial charge on any atom is 0.315 e. The van der Waals surface area contributed by atoms with Gasteiger partial charge >= 0.3 is 5.69 Å². The molecule has 0 saturated carbocycles. The number of ether oxygens (including phenoxy) is 1. The van der Waals surface area contributed by atoms with Crippen molar-refractivity contribution in [1.82, 2.24) is 0 Å². The van der Waals surface area contributed by atoms with Crippen LogP contribution in [0.3, 0.4) is 0 Å². The SMILES string of the molecule is COc1ccc(Cl)c(CC=O)c1[N+](=O)[O-]. The third kappa shape index (κ3) is 2.24. The summed E-state index contributed by atoms with van der Waals surface area (Å²) in [4.78, 5) is 20.6. The molecule has 0 fully saturated rings. The van der Waals surface area contributed by atoms with Gasteiger partial charge in [-0.05, 0) is 12.1 Å². The van der Waals surface area contributed by atoms with Crippen molar-refractivity contribution in [2.75, 3.05) is 7.11 Å². The summed E-state index contributed by atoms with van der Waals surface area (Å²) in [7, 11) is 1.32. The summed E-state index contributed by atoms with van der Waals surface area (Å²) >= 11 is 5.76. The zero-order valence-electron chi connectivity index (χ0n) is 7.90. The minimum atomic E-state index is -0.608. The van der Waals surface area contributed by atoms with Crippen LogP contribution in [0, 0.1) is 10.1 Å². The molecule has 0 aliphatic heterocycles. The van der Waals surface area contributed by atoms with E-state index < -0.39 is 4.92 Å². The van der Waals surface area contributed by atoms with E-state index in [4.69, 9.17) is 16.3 Å². The summed E-state index contributed by atoms with van der Waals surface area (Å²) < 4.78 is 4.83. The fourth-order valence-electron chi connectivity index (χ4n) is 1.23. The lowest BCUT2D eigenvalue weighted by molar-refractivity contribution is -0.386.